The molecule has 1 aromatic heterocycles. The zero-order valence-electron chi connectivity index (χ0n) is 14.5. The first-order valence-electron chi connectivity index (χ1n) is 8.76. The van der Waals surface area contributed by atoms with Gasteiger partial charge in [0.25, 0.3) is 0 Å². The van der Waals surface area contributed by atoms with Crippen LogP contribution in [0.25, 0.3) is 21.9 Å². The SMILES string of the molecule is CCCCCOc1ccc2c(oc3c(F)c(OCCC)ccc32)c1F. The predicted molar refractivity (Wildman–Crippen MR) is 94.4 cm³/mol. The smallest absolute Gasteiger partial charge is 0.208 e. The van der Waals surface area contributed by atoms with Gasteiger partial charge in [-0.15, -0.1) is 0 Å². The van der Waals surface area contributed by atoms with Crippen LogP contribution in [0.3, 0.4) is 0 Å². The van der Waals surface area contributed by atoms with Crippen LogP contribution in [0.4, 0.5) is 8.78 Å². The molecule has 0 radical (unpaired) electrons. The first kappa shape index (κ1) is 17.5. The second-order valence-electron chi connectivity index (χ2n) is 6.01. The van der Waals surface area contributed by atoms with Crippen molar-refractivity contribution in [2.24, 2.45) is 0 Å². The van der Waals surface area contributed by atoms with Gasteiger partial charge in [-0.05, 0) is 37.1 Å². The van der Waals surface area contributed by atoms with E-state index in [-0.39, 0.29) is 22.7 Å². The highest BCUT2D eigenvalue weighted by atomic mass is 19.1. The molecule has 0 aliphatic carbocycles. The highest BCUT2D eigenvalue weighted by Gasteiger charge is 2.20. The van der Waals surface area contributed by atoms with Crippen molar-refractivity contribution >= 4 is 21.9 Å². The van der Waals surface area contributed by atoms with Gasteiger partial charge in [-0.1, -0.05) is 26.7 Å². The quantitative estimate of drug-likeness (QED) is 0.453. The van der Waals surface area contributed by atoms with Gasteiger partial charge in [0.1, 0.15) is 0 Å². The lowest BCUT2D eigenvalue weighted by molar-refractivity contribution is 0.291. The molecule has 0 unspecified atom stereocenters. The molecule has 0 amide bonds. The van der Waals surface area contributed by atoms with Crippen molar-refractivity contribution in [1.82, 2.24) is 0 Å². The van der Waals surface area contributed by atoms with Gasteiger partial charge in [0.2, 0.25) is 11.6 Å². The predicted octanol–water partition coefficient (Wildman–Crippen LogP) is 6.22. The van der Waals surface area contributed by atoms with E-state index in [9.17, 15) is 8.78 Å². The van der Waals surface area contributed by atoms with Crippen LogP contribution >= 0.6 is 0 Å². The van der Waals surface area contributed by atoms with Crippen LogP contribution < -0.4 is 9.47 Å². The Labute approximate surface area is 145 Å². The van der Waals surface area contributed by atoms with Crippen LogP contribution in [-0.4, -0.2) is 13.2 Å². The summed E-state index contributed by atoms with van der Waals surface area (Å²) >= 11 is 0. The van der Waals surface area contributed by atoms with Crippen molar-refractivity contribution in [3.63, 3.8) is 0 Å². The number of hydrogen-bond donors (Lipinski definition) is 0. The summed E-state index contributed by atoms with van der Waals surface area (Å²) in [5, 5.41) is 1.04. The second-order valence-corrected chi connectivity index (χ2v) is 6.01. The molecule has 0 atom stereocenters. The minimum Gasteiger partial charge on any atom is -0.490 e. The van der Waals surface area contributed by atoms with E-state index in [1.807, 2.05) is 6.92 Å². The Bertz CT molecular complexity index is 870. The maximum Gasteiger partial charge on any atom is 0.208 e. The Balaban J connectivity index is 1.98. The number of hydrogen-bond acceptors (Lipinski definition) is 3. The number of unbranched alkanes of at least 4 members (excludes halogenated alkanes) is 2. The molecule has 0 aliphatic heterocycles. The second kappa shape index (κ2) is 7.72. The first-order valence-corrected chi connectivity index (χ1v) is 8.76. The summed E-state index contributed by atoms with van der Waals surface area (Å²) < 4.78 is 45.6. The van der Waals surface area contributed by atoms with Crippen molar-refractivity contribution in [2.75, 3.05) is 13.2 Å². The summed E-state index contributed by atoms with van der Waals surface area (Å²) in [6.07, 6.45) is 3.72. The van der Waals surface area contributed by atoms with Crippen LogP contribution in [0.15, 0.2) is 28.7 Å². The Morgan fingerprint density at radius 3 is 1.84 bits per heavy atom. The maximum absolute atomic E-state index is 14.7. The number of rotatable bonds is 8. The largest absolute Gasteiger partial charge is 0.490 e. The summed E-state index contributed by atoms with van der Waals surface area (Å²) in [6, 6.07) is 6.51. The van der Waals surface area contributed by atoms with Gasteiger partial charge in [-0.2, -0.15) is 8.78 Å². The molecule has 3 rings (SSSR count). The standard InChI is InChI=1S/C20H22F2O3/c1-3-5-6-12-24-16-10-8-14-13-7-9-15(23-11-4-2)17(21)19(13)25-20(14)18(16)22/h7-10H,3-6,11-12H2,1-2H3. The highest BCUT2D eigenvalue weighted by molar-refractivity contribution is 6.06. The molecule has 1 heterocycles. The fraction of sp³-hybridized carbons (Fsp3) is 0.400. The molecule has 2 aromatic carbocycles. The average Bonchev–Trinajstić information content (AvgIpc) is 3.00. The van der Waals surface area contributed by atoms with E-state index in [4.69, 9.17) is 13.9 Å². The molecule has 0 saturated heterocycles. The zero-order valence-corrected chi connectivity index (χ0v) is 14.5. The van der Waals surface area contributed by atoms with Crippen molar-refractivity contribution in [3.05, 3.63) is 35.9 Å². The lowest BCUT2D eigenvalue weighted by atomic mass is 10.1. The van der Waals surface area contributed by atoms with Gasteiger partial charge in [0.15, 0.2) is 22.7 Å². The van der Waals surface area contributed by atoms with Crippen LogP contribution in [0.1, 0.15) is 39.5 Å². The highest BCUT2D eigenvalue weighted by Crippen LogP contribution is 2.37. The number of fused-ring (bicyclic) bond motifs is 3. The Kier molecular flexibility index (Phi) is 5.41. The molecule has 0 spiro atoms. The Hall–Kier alpha value is -2.30. The van der Waals surface area contributed by atoms with Gasteiger partial charge in [-0.25, -0.2) is 0 Å². The third-order valence-corrected chi connectivity index (χ3v) is 4.08. The summed E-state index contributed by atoms with van der Waals surface area (Å²) in [5.74, 6) is -0.956. The van der Waals surface area contributed by atoms with Crippen molar-refractivity contribution in [3.8, 4) is 11.5 Å². The van der Waals surface area contributed by atoms with E-state index >= 15 is 0 Å². The Morgan fingerprint density at radius 2 is 1.32 bits per heavy atom. The van der Waals surface area contributed by atoms with E-state index in [0.29, 0.717) is 24.0 Å². The molecule has 0 aliphatic rings. The summed E-state index contributed by atoms with van der Waals surface area (Å²) in [4.78, 5) is 0. The van der Waals surface area contributed by atoms with E-state index in [1.165, 1.54) is 0 Å². The number of halogens is 2. The van der Waals surface area contributed by atoms with E-state index in [0.717, 1.165) is 25.7 Å². The van der Waals surface area contributed by atoms with E-state index in [1.54, 1.807) is 24.3 Å². The molecular weight excluding hydrogens is 326 g/mol. The number of ether oxygens (including phenoxy) is 2. The molecule has 0 fully saturated rings. The van der Waals surface area contributed by atoms with Crippen molar-refractivity contribution in [2.45, 2.75) is 39.5 Å². The zero-order chi connectivity index (χ0) is 17.8. The third kappa shape index (κ3) is 3.41. The molecule has 0 bridgehead atoms. The molecule has 25 heavy (non-hydrogen) atoms. The van der Waals surface area contributed by atoms with Gasteiger partial charge >= 0.3 is 0 Å². The van der Waals surface area contributed by atoms with Crippen LogP contribution in [-0.2, 0) is 0 Å². The minimum absolute atomic E-state index is 0.00522. The van der Waals surface area contributed by atoms with Gasteiger partial charge < -0.3 is 13.9 Å². The van der Waals surface area contributed by atoms with Gasteiger partial charge in [0.05, 0.1) is 13.2 Å². The third-order valence-electron chi connectivity index (χ3n) is 4.08. The van der Waals surface area contributed by atoms with Crippen molar-refractivity contribution in [1.29, 1.82) is 0 Å². The fourth-order valence-electron chi connectivity index (χ4n) is 2.77. The van der Waals surface area contributed by atoms with Crippen LogP contribution in [0, 0.1) is 11.6 Å². The maximum atomic E-state index is 14.7. The molecule has 0 N–H and O–H groups in total. The molecule has 3 aromatic rings. The number of furan rings is 1. The topological polar surface area (TPSA) is 31.6 Å². The molecule has 134 valence electrons. The molecular formula is C20H22F2O3. The average molecular weight is 348 g/mol. The molecule has 0 saturated carbocycles. The minimum atomic E-state index is -0.605. The van der Waals surface area contributed by atoms with Crippen LogP contribution in [0.5, 0.6) is 11.5 Å². The van der Waals surface area contributed by atoms with E-state index in [2.05, 4.69) is 6.92 Å². The normalized spacial score (nSPS) is 11.4. The first-order chi connectivity index (χ1) is 12.2. The number of benzene rings is 2. The fourth-order valence-corrected chi connectivity index (χ4v) is 2.77. The summed E-state index contributed by atoms with van der Waals surface area (Å²) in [7, 11) is 0. The van der Waals surface area contributed by atoms with Gasteiger partial charge in [0, 0.05) is 10.8 Å². The van der Waals surface area contributed by atoms with Crippen molar-refractivity contribution < 1.29 is 22.7 Å². The van der Waals surface area contributed by atoms with Gasteiger partial charge in [-0.3, -0.25) is 0 Å². The lowest BCUT2D eigenvalue weighted by Crippen LogP contribution is -1.99. The Morgan fingerprint density at radius 1 is 0.760 bits per heavy atom. The van der Waals surface area contributed by atoms with Crippen LogP contribution in [0.2, 0.25) is 0 Å². The molecule has 3 nitrogen and oxygen atoms in total. The summed E-state index contributed by atoms with van der Waals surface area (Å²) in [6.45, 7) is 4.88. The lowest BCUT2D eigenvalue weighted by Gasteiger charge is -2.06. The van der Waals surface area contributed by atoms with E-state index < -0.39 is 11.6 Å². The monoisotopic (exact) mass is 348 g/mol. The summed E-state index contributed by atoms with van der Waals surface area (Å²) in [5.41, 5.74) is 0.0140. The molecule has 5 heteroatoms.